The second kappa shape index (κ2) is 10.2. The Hall–Kier alpha value is -4.37. The zero-order chi connectivity index (χ0) is 27.0. The van der Waals surface area contributed by atoms with Gasteiger partial charge >= 0.3 is 5.91 Å². The van der Waals surface area contributed by atoms with E-state index in [2.05, 4.69) is 4.98 Å². The fourth-order valence-electron chi connectivity index (χ4n) is 4.44. The number of rotatable bonds is 7. The van der Waals surface area contributed by atoms with Crippen molar-refractivity contribution in [3.63, 3.8) is 0 Å². The van der Waals surface area contributed by atoms with Crippen molar-refractivity contribution in [1.82, 2.24) is 4.98 Å². The molecule has 1 atom stereocenters. The molecule has 0 saturated carbocycles. The number of carbonyl (C=O) groups excluding carboxylic acids is 2. The minimum absolute atomic E-state index is 0.0918. The molecule has 1 aliphatic heterocycles. The highest BCUT2D eigenvalue weighted by atomic mass is 32.1. The second-order valence-electron chi connectivity index (χ2n) is 8.94. The number of aryl methyl sites for hydroxylation is 1. The maximum atomic E-state index is 13.5. The zero-order valence-electron chi connectivity index (χ0n) is 21.1. The summed E-state index contributed by atoms with van der Waals surface area (Å²) in [6, 6.07) is 16.1. The maximum Gasteiger partial charge on any atom is 0.301 e. The minimum atomic E-state index is -1.01. The van der Waals surface area contributed by atoms with Crippen LogP contribution in [-0.2, 0) is 9.59 Å². The number of thiazole rings is 1. The largest absolute Gasteiger partial charge is 0.507 e. The molecule has 3 aromatic carbocycles. The molecule has 1 aliphatic rings. The van der Waals surface area contributed by atoms with Gasteiger partial charge in [0, 0.05) is 5.56 Å². The first-order chi connectivity index (χ1) is 18.3. The van der Waals surface area contributed by atoms with Crippen LogP contribution in [0.3, 0.4) is 0 Å². The molecule has 5 rings (SSSR count). The first-order valence-corrected chi connectivity index (χ1v) is 12.9. The Bertz CT molecular complexity index is 1590. The highest BCUT2D eigenvalue weighted by Crippen LogP contribution is 2.46. The molecule has 38 heavy (non-hydrogen) atoms. The molecule has 1 fully saturated rings. The highest BCUT2D eigenvalue weighted by molar-refractivity contribution is 7.22. The summed E-state index contributed by atoms with van der Waals surface area (Å²) in [5.41, 5.74) is 2.45. The number of ether oxygens (including phenoxy) is 2. The third-order valence-electron chi connectivity index (χ3n) is 6.28. The Balaban J connectivity index is 1.71. The molecule has 1 saturated heterocycles. The number of amides is 1. The second-order valence-corrected chi connectivity index (χ2v) is 9.95. The molecule has 2 heterocycles. The highest BCUT2D eigenvalue weighted by Gasteiger charge is 2.48. The van der Waals surface area contributed by atoms with E-state index >= 15 is 0 Å². The van der Waals surface area contributed by atoms with E-state index in [4.69, 9.17) is 9.47 Å². The number of ketones is 1. The van der Waals surface area contributed by atoms with Gasteiger partial charge < -0.3 is 19.7 Å². The standard InChI is InChI=1S/C29H26N2O6S/c1-4-12-37-19-7-5-6-18(14-19)26(33)24-25(17-9-11-21(32)22(15-17)36-3)31(28(35)27(24)34)29-30-20-10-8-16(2)13-23(20)38-29/h5-11,13-15,25,32-33H,4,12H2,1-3H3/b26-24+. The molecule has 2 N–H and O–H groups in total. The lowest BCUT2D eigenvalue weighted by atomic mass is 9.95. The van der Waals surface area contributed by atoms with Gasteiger partial charge in [0.05, 0.1) is 35.5 Å². The van der Waals surface area contributed by atoms with E-state index in [1.54, 1.807) is 36.4 Å². The van der Waals surface area contributed by atoms with Crippen molar-refractivity contribution in [2.45, 2.75) is 26.3 Å². The summed E-state index contributed by atoms with van der Waals surface area (Å²) in [5.74, 6) is -1.36. The summed E-state index contributed by atoms with van der Waals surface area (Å²) in [7, 11) is 1.41. The average Bonchev–Trinajstić information content (AvgIpc) is 3.45. The number of methoxy groups -OCH3 is 1. The van der Waals surface area contributed by atoms with Crippen molar-refractivity contribution < 1.29 is 29.3 Å². The lowest BCUT2D eigenvalue weighted by Crippen LogP contribution is -2.29. The number of nitrogens with zero attached hydrogens (tertiary/aromatic N) is 2. The Morgan fingerprint density at radius 2 is 1.92 bits per heavy atom. The molecular formula is C29H26N2O6S. The number of Topliss-reactive ketones (excluding diaryl/α,β-unsaturated/α-hetero) is 1. The van der Waals surface area contributed by atoms with E-state index in [-0.39, 0.29) is 22.8 Å². The fourth-order valence-corrected chi connectivity index (χ4v) is 5.53. The summed E-state index contributed by atoms with van der Waals surface area (Å²) >= 11 is 1.28. The van der Waals surface area contributed by atoms with E-state index in [9.17, 15) is 19.8 Å². The Kier molecular flexibility index (Phi) is 6.77. The van der Waals surface area contributed by atoms with Gasteiger partial charge in [0.15, 0.2) is 16.6 Å². The van der Waals surface area contributed by atoms with Gasteiger partial charge in [0.1, 0.15) is 11.5 Å². The number of aliphatic hydroxyl groups is 1. The first-order valence-electron chi connectivity index (χ1n) is 12.1. The van der Waals surface area contributed by atoms with Gasteiger partial charge in [-0.1, -0.05) is 42.5 Å². The van der Waals surface area contributed by atoms with Gasteiger partial charge in [-0.15, -0.1) is 0 Å². The van der Waals surface area contributed by atoms with Crippen molar-refractivity contribution in [1.29, 1.82) is 0 Å². The summed E-state index contributed by atoms with van der Waals surface area (Å²) in [5, 5.41) is 21.9. The number of aromatic nitrogens is 1. The maximum absolute atomic E-state index is 13.5. The zero-order valence-corrected chi connectivity index (χ0v) is 21.9. The third-order valence-corrected chi connectivity index (χ3v) is 7.30. The molecule has 194 valence electrons. The number of benzene rings is 3. The van der Waals surface area contributed by atoms with Crippen LogP contribution in [0.1, 0.15) is 36.1 Å². The number of aliphatic hydroxyl groups excluding tert-OH is 1. The van der Waals surface area contributed by atoms with Crippen LogP contribution in [0.2, 0.25) is 0 Å². The van der Waals surface area contributed by atoms with Crippen LogP contribution in [-0.4, -0.2) is 40.6 Å². The molecule has 1 amide bonds. The lowest BCUT2D eigenvalue weighted by Gasteiger charge is -2.23. The summed E-state index contributed by atoms with van der Waals surface area (Å²) in [6.45, 7) is 4.45. The molecule has 0 radical (unpaired) electrons. The smallest absolute Gasteiger partial charge is 0.301 e. The predicted octanol–water partition coefficient (Wildman–Crippen LogP) is 5.73. The topological polar surface area (TPSA) is 109 Å². The van der Waals surface area contributed by atoms with Crippen molar-refractivity contribution >= 4 is 44.1 Å². The van der Waals surface area contributed by atoms with Gasteiger partial charge in [-0.3, -0.25) is 14.5 Å². The van der Waals surface area contributed by atoms with E-state index in [0.29, 0.717) is 34.1 Å². The first kappa shape index (κ1) is 25.3. The number of phenolic OH excluding ortho intramolecular Hbond substituents is 1. The number of aromatic hydroxyl groups is 1. The number of fused-ring (bicyclic) bond motifs is 1. The molecular weight excluding hydrogens is 504 g/mol. The van der Waals surface area contributed by atoms with Gasteiger partial charge in [-0.25, -0.2) is 4.98 Å². The van der Waals surface area contributed by atoms with Gasteiger partial charge in [-0.05, 0) is 60.9 Å². The van der Waals surface area contributed by atoms with Crippen molar-refractivity contribution in [3.8, 4) is 17.2 Å². The number of hydrogen-bond acceptors (Lipinski definition) is 8. The van der Waals surface area contributed by atoms with Crippen LogP contribution in [0.15, 0.2) is 66.2 Å². The van der Waals surface area contributed by atoms with Crippen molar-refractivity contribution in [3.05, 3.63) is 82.9 Å². The predicted molar refractivity (Wildman–Crippen MR) is 146 cm³/mol. The fraction of sp³-hybridized carbons (Fsp3) is 0.207. The quantitative estimate of drug-likeness (QED) is 0.178. The van der Waals surface area contributed by atoms with Gasteiger partial charge in [0.2, 0.25) is 0 Å². The van der Waals surface area contributed by atoms with Gasteiger partial charge in [-0.2, -0.15) is 0 Å². The molecule has 8 nitrogen and oxygen atoms in total. The van der Waals surface area contributed by atoms with E-state index in [1.165, 1.54) is 29.4 Å². The Labute approximate surface area is 223 Å². The molecule has 0 spiro atoms. The van der Waals surface area contributed by atoms with E-state index in [1.807, 2.05) is 32.0 Å². The van der Waals surface area contributed by atoms with Crippen LogP contribution in [0.25, 0.3) is 16.0 Å². The Morgan fingerprint density at radius 1 is 1.11 bits per heavy atom. The molecule has 0 bridgehead atoms. The summed E-state index contributed by atoms with van der Waals surface area (Å²) in [6.07, 6.45) is 0.811. The number of anilines is 1. The molecule has 1 aromatic heterocycles. The summed E-state index contributed by atoms with van der Waals surface area (Å²) < 4.78 is 11.9. The van der Waals surface area contributed by atoms with Crippen LogP contribution >= 0.6 is 11.3 Å². The monoisotopic (exact) mass is 530 g/mol. The number of hydrogen-bond donors (Lipinski definition) is 2. The Morgan fingerprint density at radius 3 is 2.68 bits per heavy atom. The van der Waals surface area contributed by atoms with Gasteiger partial charge in [0.25, 0.3) is 5.78 Å². The van der Waals surface area contributed by atoms with Crippen LogP contribution in [0.4, 0.5) is 5.13 Å². The normalized spacial score (nSPS) is 16.8. The SMILES string of the molecule is CCCOc1cccc(/C(O)=C2\C(=O)C(=O)N(c3nc4ccc(C)cc4s3)C2c2ccc(O)c(OC)c2)c1. The number of phenols is 1. The molecule has 0 aliphatic carbocycles. The lowest BCUT2D eigenvalue weighted by molar-refractivity contribution is -0.132. The number of carbonyl (C=O) groups is 2. The molecule has 9 heteroatoms. The third kappa shape index (κ3) is 4.45. The minimum Gasteiger partial charge on any atom is -0.507 e. The molecule has 4 aromatic rings. The van der Waals surface area contributed by atoms with Crippen molar-refractivity contribution in [2.24, 2.45) is 0 Å². The van der Waals surface area contributed by atoms with Crippen molar-refractivity contribution in [2.75, 3.05) is 18.6 Å². The molecule has 1 unspecified atom stereocenters. The van der Waals surface area contributed by atoms with Crippen LogP contribution in [0.5, 0.6) is 17.2 Å². The average molecular weight is 531 g/mol. The van der Waals surface area contributed by atoms with Crippen LogP contribution in [0, 0.1) is 6.92 Å². The van der Waals surface area contributed by atoms with E-state index < -0.39 is 17.7 Å². The summed E-state index contributed by atoms with van der Waals surface area (Å²) in [4.78, 5) is 32.9. The van der Waals surface area contributed by atoms with E-state index in [0.717, 1.165) is 16.7 Å². The van der Waals surface area contributed by atoms with Crippen LogP contribution < -0.4 is 14.4 Å².